The summed E-state index contributed by atoms with van der Waals surface area (Å²) in [5.74, 6) is 0.304. The van der Waals surface area contributed by atoms with Crippen LogP contribution >= 0.6 is 15.9 Å². The fraction of sp³-hybridized carbons (Fsp3) is 0.176. The monoisotopic (exact) mass is 551 g/mol. The second-order valence-corrected chi connectivity index (χ2v) is 5.99. The molecule has 1 radical (unpaired) electrons. The number of aromatic nitrogens is 3. The average Bonchev–Trinajstić information content (AvgIpc) is 2.80. The predicted molar refractivity (Wildman–Crippen MR) is 87.5 cm³/mol. The van der Waals surface area contributed by atoms with E-state index in [2.05, 4.69) is 51.1 Å². The molecule has 6 heteroatoms. The molecule has 0 aliphatic heterocycles. The standard InChI is InChI=1S/C17H14BrFN3.Ir/c1-10-8-11(2)15(12(3)9-10)22-16(20-17(18)21-22)13-4-6-14(19)7-5-13;/h4,6-9H,1-3H3;/q-1;. The zero-order valence-electron chi connectivity index (χ0n) is 12.8. The Morgan fingerprint density at radius 1 is 1.13 bits per heavy atom. The van der Waals surface area contributed by atoms with Gasteiger partial charge in [-0.15, -0.1) is 34.9 Å². The molecular formula is C17H14BrFIrN3-. The van der Waals surface area contributed by atoms with Gasteiger partial charge in [-0.25, -0.2) is 0 Å². The Morgan fingerprint density at radius 3 is 2.35 bits per heavy atom. The van der Waals surface area contributed by atoms with Crippen LogP contribution in [0.2, 0.25) is 0 Å². The maximum Gasteiger partial charge on any atom is 0.208 e. The first-order chi connectivity index (χ1) is 10.5. The van der Waals surface area contributed by atoms with E-state index in [9.17, 15) is 4.39 Å². The van der Waals surface area contributed by atoms with Crippen molar-refractivity contribution in [2.45, 2.75) is 20.8 Å². The Kier molecular flexibility index (Phi) is 5.50. The van der Waals surface area contributed by atoms with Crippen LogP contribution in [0.5, 0.6) is 0 Å². The van der Waals surface area contributed by atoms with Gasteiger partial charge in [0.25, 0.3) is 0 Å². The summed E-state index contributed by atoms with van der Waals surface area (Å²) in [6.07, 6.45) is 0. The van der Waals surface area contributed by atoms with Crippen molar-refractivity contribution in [1.82, 2.24) is 14.8 Å². The van der Waals surface area contributed by atoms with E-state index < -0.39 is 0 Å². The van der Waals surface area contributed by atoms with E-state index in [0.717, 1.165) is 16.8 Å². The fourth-order valence-electron chi connectivity index (χ4n) is 2.67. The Labute approximate surface area is 156 Å². The minimum atomic E-state index is -0.323. The Bertz CT molecular complexity index is 821. The van der Waals surface area contributed by atoms with Crippen molar-refractivity contribution in [2.75, 3.05) is 0 Å². The number of aryl methyl sites for hydroxylation is 3. The van der Waals surface area contributed by atoms with Gasteiger partial charge in [-0.1, -0.05) is 17.7 Å². The van der Waals surface area contributed by atoms with Gasteiger partial charge in [0.1, 0.15) is 0 Å². The number of benzene rings is 2. The van der Waals surface area contributed by atoms with Gasteiger partial charge in [0.2, 0.25) is 4.73 Å². The second-order valence-electron chi connectivity index (χ2n) is 5.28. The van der Waals surface area contributed by atoms with E-state index in [1.807, 2.05) is 13.8 Å². The van der Waals surface area contributed by atoms with Crippen LogP contribution in [0.1, 0.15) is 16.7 Å². The summed E-state index contributed by atoms with van der Waals surface area (Å²) < 4.78 is 15.4. The van der Waals surface area contributed by atoms with E-state index in [1.54, 1.807) is 10.7 Å². The predicted octanol–water partition coefficient (Wildman–Crippen LogP) is 4.56. The van der Waals surface area contributed by atoms with Gasteiger partial charge in [0.05, 0.1) is 11.5 Å². The zero-order valence-corrected chi connectivity index (χ0v) is 16.8. The quantitative estimate of drug-likeness (QED) is 0.438. The summed E-state index contributed by atoms with van der Waals surface area (Å²) in [7, 11) is 0. The van der Waals surface area contributed by atoms with Crippen molar-refractivity contribution in [3.63, 3.8) is 0 Å². The first-order valence-electron chi connectivity index (χ1n) is 6.84. The van der Waals surface area contributed by atoms with Crippen molar-refractivity contribution in [3.05, 3.63) is 63.6 Å². The number of rotatable bonds is 2. The van der Waals surface area contributed by atoms with Gasteiger partial charge < -0.3 is 0 Å². The van der Waals surface area contributed by atoms with Gasteiger partial charge in [0, 0.05) is 25.9 Å². The van der Waals surface area contributed by atoms with Crippen LogP contribution in [0, 0.1) is 32.7 Å². The first kappa shape index (κ1) is 18.0. The molecular weight excluding hydrogens is 537 g/mol. The molecule has 121 valence electrons. The van der Waals surface area contributed by atoms with Crippen molar-refractivity contribution >= 4 is 15.9 Å². The molecule has 1 aromatic heterocycles. The van der Waals surface area contributed by atoms with Crippen LogP contribution in [-0.4, -0.2) is 14.8 Å². The number of hydrogen-bond donors (Lipinski definition) is 0. The normalized spacial score (nSPS) is 10.5. The molecule has 0 bridgehead atoms. The molecule has 3 nitrogen and oxygen atoms in total. The number of halogens is 2. The van der Waals surface area contributed by atoms with Gasteiger partial charge in [-0.05, 0) is 47.8 Å². The topological polar surface area (TPSA) is 30.7 Å². The summed E-state index contributed by atoms with van der Waals surface area (Å²) in [6, 6.07) is 11.5. The zero-order chi connectivity index (χ0) is 15.9. The Hall–Kier alpha value is -1.36. The second kappa shape index (κ2) is 7.03. The van der Waals surface area contributed by atoms with Crippen LogP contribution in [0.3, 0.4) is 0 Å². The maximum atomic E-state index is 13.1. The molecule has 3 rings (SSSR count). The molecule has 0 saturated carbocycles. The van der Waals surface area contributed by atoms with Crippen molar-refractivity contribution < 1.29 is 24.5 Å². The van der Waals surface area contributed by atoms with Gasteiger partial charge in [-0.3, -0.25) is 14.1 Å². The Morgan fingerprint density at radius 2 is 1.78 bits per heavy atom. The fourth-order valence-corrected chi connectivity index (χ4v) is 3.00. The van der Waals surface area contributed by atoms with Crippen LogP contribution in [0.25, 0.3) is 17.1 Å². The third kappa shape index (κ3) is 3.60. The van der Waals surface area contributed by atoms with Gasteiger partial charge in [-0.2, -0.15) is 0 Å². The van der Waals surface area contributed by atoms with E-state index in [0.29, 0.717) is 16.1 Å². The van der Waals surface area contributed by atoms with E-state index in [1.165, 1.54) is 17.7 Å². The first-order valence-corrected chi connectivity index (χ1v) is 7.63. The van der Waals surface area contributed by atoms with Gasteiger partial charge >= 0.3 is 0 Å². The molecule has 0 spiro atoms. The van der Waals surface area contributed by atoms with Crippen LogP contribution in [0.15, 0.2) is 35.1 Å². The van der Waals surface area contributed by atoms with E-state index in [4.69, 9.17) is 0 Å². The number of hydrogen-bond acceptors (Lipinski definition) is 2. The van der Waals surface area contributed by atoms with Crippen LogP contribution < -0.4 is 0 Å². The smallest absolute Gasteiger partial charge is 0.208 e. The van der Waals surface area contributed by atoms with Crippen molar-refractivity contribution in [1.29, 1.82) is 0 Å². The third-order valence-electron chi connectivity index (χ3n) is 3.44. The summed E-state index contributed by atoms with van der Waals surface area (Å²) in [5, 5.41) is 4.44. The largest absolute Gasteiger partial charge is 0.265 e. The SMILES string of the molecule is Cc1cc(C)c(-n2nc(Br)nc2-c2[c-]cc(F)cc2)c(C)c1.[Ir]. The summed E-state index contributed by atoms with van der Waals surface area (Å²) in [5.41, 5.74) is 5.10. The molecule has 0 saturated heterocycles. The summed E-state index contributed by atoms with van der Waals surface area (Å²) >= 11 is 3.32. The molecule has 23 heavy (non-hydrogen) atoms. The number of nitrogens with zero attached hydrogens (tertiary/aromatic N) is 3. The molecule has 1 heterocycles. The summed E-state index contributed by atoms with van der Waals surface area (Å²) in [6.45, 7) is 6.15. The molecule has 0 unspecified atom stereocenters. The van der Waals surface area contributed by atoms with E-state index >= 15 is 0 Å². The van der Waals surface area contributed by atoms with Crippen LogP contribution in [0.4, 0.5) is 4.39 Å². The van der Waals surface area contributed by atoms with Crippen LogP contribution in [-0.2, 0) is 20.1 Å². The third-order valence-corrected chi connectivity index (χ3v) is 3.78. The van der Waals surface area contributed by atoms with E-state index in [-0.39, 0.29) is 25.9 Å². The molecule has 2 aromatic carbocycles. The average molecular weight is 551 g/mol. The maximum absolute atomic E-state index is 13.1. The molecule has 0 fully saturated rings. The molecule has 3 aromatic rings. The molecule has 0 aliphatic rings. The van der Waals surface area contributed by atoms with Crippen molar-refractivity contribution in [3.8, 4) is 17.1 Å². The molecule has 0 N–H and O–H groups in total. The Balaban J connectivity index is 0.00000192. The molecule has 0 amide bonds. The van der Waals surface area contributed by atoms with Crippen molar-refractivity contribution in [2.24, 2.45) is 0 Å². The summed E-state index contributed by atoms with van der Waals surface area (Å²) in [4.78, 5) is 4.41. The molecule has 0 atom stereocenters. The minimum Gasteiger partial charge on any atom is -0.265 e. The molecule has 0 aliphatic carbocycles. The minimum absolute atomic E-state index is 0. The van der Waals surface area contributed by atoms with Gasteiger partial charge in [0.15, 0.2) is 0 Å².